The molecule has 6 nitrogen and oxygen atoms in total. The van der Waals surface area contributed by atoms with Crippen LogP contribution in [0.1, 0.15) is 52.1 Å². The molecule has 0 aromatic carbocycles. The van der Waals surface area contributed by atoms with E-state index in [4.69, 9.17) is 9.47 Å². The van der Waals surface area contributed by atoms with Gasteiger partial charge in [0.2, 0.25) is 5.13 Å². The van der Waals surface area contributed by atoms with Gasteiger partial charge in [-0.2, -0.15) is 0 Å². The number of thiazole rings is 1. The highest BCUT2D eigenvalue weighted by molar-refractivity contribution is 7.15. The minimum atomic E-state index is -1.19. The minimum Gasteiger partial charge on any atom is -0.462 e. The van der Waals surface area contributed by atoms with Crippen LogP contribution in [0.3, 0.4) is 0 Å². The fourth-order valence-electron chi connectivity index (χ4n) is 1.94. The highest BCUT2D eigenvalue weighted by atomic mass is 32.1. The molecule has 1 aromatic rings. The number of hydrogen-bond acceptors (Lipinski definition) is 7. The number of esters is 2. The summed E-state index contributed by atoms with van der Waals surface area (Å²) < 4.78 is 10.3. The Labute approximate surface area is 147 Å². The lowest BCUT2D eigenvalue weighted by Crippen LogP contribution is -2.32. The average molecular weight is 354 g/mol. The smallest absolute Gasteiger partial charge is 0.326 e. The van der Waals surface area contributed by atoms with Crippen molar-refractivity contribution in [1.82, 2.24) is 4.98 Å². The van der Waals surface area contributed by atoms with Gasteiger partial charge in [0.15, 0.2) is 5.92 Å². The molecule has 0 saturated carbocycles. The maximum absolute atomic E-state index is 12.2. The molecule has 0 aliphatic heterocycles. The Balaban J connectivity index is 3.00. The lowest BCUT2D eigenvalue weighted by molar-refractivity contribution is -0.162. The van der Waals surface area contributed by atoms with Crippen LogP contribution in [0, 0.1) is 5.92 Å². The van der Waals surface area contributed by atoms with Gasteiger partial charge in [0.25, 0.3) is 0 Å². The van der Waals surface area contributed by atoms with Crippen molar-refractivity contribution >= 4 is 34.6 Å². The molecule has 0 unspecified atom stereocenters. The van der Waals surface area contributed by atoms with Gasteiger partial charge in [0, 0.05) is 11.1 Å². The first-order chi connectivity index (χ1) is 11.3. The highest BCUT2D eigenvalue weighted by Gasteiger charge is 2.29. The maximum atomic E-state index is 12.2. The van der Waals surface area contributed by atoms with Crippen LogP contribution < -0.4 is 0 Å². The number of aryl methyl sites for hydroxylation is 2. The fraction of sp³-hybridized carbons (Fsp3) is 0.647. The van der Waals surface area contributed by atoms with Gasteiger partial charge in [0.05, 0.1) is 17.9 Å². The number of aromatic nitrogens is 1. The summed E-state index contributed by atoms with van der Waals surface area (Å²) in [4.78, 5) is 34.1. The SMILES string of the molecule is CCc1nc(N=CC(C(=O)OC(C)C)C(=O)OC(C)C)sc1CC. The van der Waals surface area contributed by atoms with Gasteiger partial charge in [0.1, 0.15) is 0 Å². The van der Waals surface area contributed by atoms with E-state index >= 15 is 0 Å². The zero-order valence-corrected chi connectivity index (χ0v) is 16.0. The van der Waals surface area contributed by atoms with Crippen LogP contribution >= 0.6 is 11.3 Å². The van der Waals surface area contributed by atoms with Crippen molar-refractivity contribution in [3.05, 3.63) is 10.6 Å². The number of nitrogens with zero attached hydrogens (tertiary/aromatic N) is 2. The van der Waals surface area contributed by atoms with Crippen molar-refractivity contribution in [2.45, 2.75) is 66.6 Å². The molecule has 7 heteroatoms. The summed E-state index contributed by atoms with van der Waals surface area (Å²) >= 11 is 1.46. The fourth-order valence-corrected chi connectivity index (χ4v) is 2.89. The van der Waals surface area contributed by atoms with Gasteiger partial charge < -0.3 is 9.47 Å². The molecule has 24 heavy (non-hydrogen) atoms. The van der Waals surface area contributed by atoms with Crippen molar-refractivity contribution < 1.29 is 19.1 Å². The molecule has 134 valence electrons. The number of carbonyl (C=O) groups excluding carboxylic acids is 2. The van der Waals surface area contributed by atoms with Crippen LogP contribution in [-0.2, 0) is 31.9 Å². The topological polar surface area (TPSA) is 77.9 Å². The second kappa shape index (κ2) is 9.52. The predicted octanol–water partition coefficient (Wildman–Crippen LogP) is 3.49. The summed E-state index contributed by atoms with van der Waals surface area (Å²) in [5.74, 6) is -2.52. The third-order valence-corrected chi connectivity index (χ3v) is 4.12. The van der Waals surface area contributed by atoms with Gasteiger partial charge in [-0.15, -0.1) is 0 Å². The van der Waals surface area contributed by atoms with Gasteiger partial charge in [-0.3, -0.25) is 9.59 Å². The zero-order valence-electron chi connectivity index (χ0n) is 15.2. The van der Waals surface area contributed by atoms with E-state index in [1.165, 1.54) is 17.6 Å². The molecular weight excluding hydrogens is 328 g/mol. The van der Waals surface area contributed by atoms with Gasteiger partial charge in [-0.05, 0) is 40.5 Å². The molecule has 0 N–H and O–H groups in total. The first kappa shape index (κ1) is 20.3. The lowest BCUT2D eigenvalue weighted by atomic mass is 10.1. The number of hydrogen-bond donors (Lipinski definition) is 0. The molecule has 1 heterocycles. The van der Waals surface area contributed by atoms with Crippen molar-refractivity contribution in [2.24, 2.45) is 10.9 Å². The Hall–Kier alpha value is -1.76. The van der Waals surface area contributed by atoms with Crippen LogP contribution in [-0.4, -0.2) is 35.3 Å². The van der Waals surface area contributed by atoms with Crippen LogP contribution in [0.5, 0.6) is 0 Å². The number of carbonyl (C=O) groups is 2. The predicted molar refractivity (Wildman–Crippen MR) is 95.0 cm³/mol. The largest absolute Gasteiger partial charge is 0.462 e. The van der Waals surface area contributed by atoms with E-state index in [0.29, 0.717) is 5.13 Å². The molecular formula is C17H26N2O4S. The van der Waals surface area contributed by atoms with E-state index in [1.54, 1.807) is 27.7 Å². The van der Waals surface area contributed by atoms with E-state index in [1.807, 2.05) is 6.92 Å². The first-order valence-corrected chi connectivity index (χ1v) is 9.03. The maximum Gasteiger partial charge on any atom is 0.326 e. The Kier molecular flexibility index (Phi) is 8.04. The molecule has 1 rings (SSSR count). The molecule has 1 aromatic heterocycles. The highest BCUT2D eigenvalue weighted by Crippen LogP contribution is 2.26. The quantitative estimate of drug-likeness (QED) is 0.406. The molecule has 0 aliphatic carbocycles. The Morgan fingerprint density at radius 1 is 1.08 bits per heavy atom. The van der Waals surface area contributed by atoms with E-state index in [-0.39, 0.29) is 12.2 Å². The first-order valence-electron chi connectivity index (χ1n) is 8.22. The second-order valence-electron chi connectivity index (χ2n) is 5.80. The lowest BCUT2D eigenvalue weighted by Gasteiger charge is -2.15. The van der Waals surface area contributed by atoms with Crippen LogP contribution in [0.2, 0.25) is 0 Å². The molecule has 0 fully saturated rings. The summed E-state index contributed by atoms with van der Waals surface area (Å²) in [5, 5.41) is 0.531. The summed E-state index contributed by atoms with van der Waals surface area (Å²) in [5.41, 5.74) is 1.00. The van der Waals surface area contributed by atoms with Gasteiger partial charge in [-0.25, -0.2) is 9.98 Å². The van der Waals surface area contributed by atoms with E-state index in [9.17, 15) is 9.59 Å². The molecule has 0 saturated heterocycles. The second-order valence-corrected chi connectivity index (χ2v) is 6.86. The third-order valence-electron chi connectivity index (χ3n) is 2.97. The normalized spacial score (nSPS) is 11.7. The number of aliphatic imine (C=N–C) groups is 1. The van der Waals surface area contributed by atoms with Gasteiger partial charge in [-0.1, -0.05) is 25.2 Å². The minimum absolute atomic E-state index is 0.321. The molecule has 0 aliphatic rings. The van der Waals surface area contributed by atoms with Crippen molar-refractivity contribution in [1.29, 1.82) is 0 Å². The van der Waals surface area contributed by atoms with E-state index in [0.717, 1.165) is 23.4 Å². The molecule has 0 bridgehead atoms. The zero-order chi connectivity index (χ0) is 18.3. The molecule has 0 atom stereocenters. The average Bonchev–Trinajstić information content (AvgIpc) is 2.88. The molecule has 0 amide bonds. The Morgan fingerprint density at radius 3 is 2.00 bits per heavy atom. The van der Waals surface area contributed by atoms with Gasteiger partial charge >= 0.3 is 11.9 Å². The summed E-state index contributed by atoms with van der Waals surface area (Å²) in [6.45, 7) is 11.0. The number of rotatable bonds is 8. The third kappa shape index (κ3) is 6.03. The van der Waals surface area contributed by atoms with Crippen LogP contribution in [0.4, 0.5) is 5.13 Å². The van der Waals surface area contributed by atoms with Crippen LogP contribution in [0.25, 0.3) is 0 Å². The summed E-state index contributed by atoms with van der Waals surface area (Å²) in [7, 11) is 0. The monoisotopic (exact) mass is 354 g/mol. The van der Waals surface area contributed by atoms with Crippen molar-refractivity contribution in [3.8, 4) is 0 Å². The van der Waals surface area contributed by atoms with Crippen molar-refractivity contribution in [3.63, 3.8) is 0 Å². The Bertz CT molecular complexity index is 550. The standard InChI is InChI=1S/C17H26N2O4S/c1-7-13-14(8-2)24-17(19-13)18-9-12(15(20)22-10(3)4)16(21)23-11(5)6/h9-12H,7-8H2,1-6H3. The van der Waals surface area contributed by atoms with Crippen LogP contribution in [0.15, 0.2) is 4.99 Å². The van der Waals surface area contributed by atoms with E-state index in [2.05, 4.69) is 16.9 Å². The Morgan fingerprint density at radius 2 is 1.62 bits per heavy atom. The molecule has 0 spiro atoms. The summed E-state index contributed by atoms with van der Waals surface area (Å²) in [6, 6.07) is 0. The van der Waals surface area contributed by atoms with Crippen molar-refractivity contribution in [2.75, 3.05) is 0 Å². The van der Waals surface area contributed by atoms with E-state index < -0.39 is 17.9 Å². The molecule has 0 radical (unpaired) electrons. The summed E-state index contributed by atoms with van der Waals surface area (Å²) in [6.07, 6.45) is 2.33. The number of ether oxygens (including phenoxy) is 2.